The molecule has 0 saturated carbocycles. The number of hydrogen-bond acceptors (Lipinski definition) is 2. The molecule has 0 aliphatic heterocycles. The Morgan fingerprint density at radius 1 is 1.21 bits per heavy atom. The molecule has 0 saturated heterocycles. The molecule has 0 unspecified atom stereocenters. The summed E-state index contributed by atoms with van der Waals surface area (Å²) in [7, 11) is 2.18. The molecular formula is C16H25N3. The van der Waals surface area contributed by atoms with Crippen LogP contribution in [0.15, 0.2) is 30.5 Å². The second-order valence-electron chi connectivity index (χ2n) is 6.27. The van der Waals surface area contributed by atoms with E-state index < -0.39 is 0 Å². The van der Waals surface area contributed by atoms with Crippen molar-refractivity contribution in [1.29, 1.82) is 0 Å². The maximum absolute atomic E-state index is 3.52. The Labute approximate surface area is 116 Å². The Bertz CT molecular complexity index is 522. The smallest absolute Gasteiger partial charge is 0.0457 e. The van der Waals surface area contributed by atoms with Crippen LogP contribution in [0, 0.1) is 0 Å². The van der Waals surface area contributed by atoms with Gasteiger partial charge in [0.1, 0.15) is 0 Å². The monoisotopic (exact) mass is 259 g/mol. The summed E-state index contributed by atoms with van der Waals surface area (Å²) in [6.45, 7) is 9.66. The number of benzene rings is 1. The third kappa shape index (κ3) is 4.08. The SMILES string of the molecule is CN(CCNC(C)(C)C)Cc1cccc2[nH]ccc12. The van der Waals surface area contributed by atoms with E-state index in [9.17, 15) is 0 Å². The molecule has 2 N–H and O–H groups in total. The first-order valence-corrected chi connectivity index (χ1v) is 6.94. The minimum Gasteiger partial charge on any atom is -0.361 e. The Kier molecular flexibility index (Phi) is 4.27. The molecular weight excluding hydrogens is 234 g/mol. The molecule has 0 radical (unpaired) electrons. The molecule has 2 rings (SSSR count). The fraction of sp³-hybridized carbons (Fsp3) is 0.500. The first-order valence-electron chi connectivity index (χ1n) is 6.94. The second-order valence-corrected chi connectivity index (χ2v) is 6.27. The molecule has 0 aliphatic carbocycles. The van der Waals surface area contributed by atoms with Crippen LogP contribution in [0.25, 0.3) is 10.9 Å². The predicted octanol–water partition coefficient (Wildman–Crippen LogP) is 2.99. The molecule has 19 heavy (non-hydrogen) atoms. The standard InChI is InChI=1S/C16H25N3/c1-16(2,3)18-10-11-19(4)12-13-6-5-7-15-14(13)8-9-17-15/h5-9,17-18H,10-12H2,1-4H3. The van der Waals surface area contributed by atoms with Crippen LogP contribution in [0.3, 0.4) is 0 Å². The highest BCUT2D eigenvalue weighted by Crippen LogP contribution is 2.18. The van der Waals surface area contributed by atoms with Crippen LogP contribution >= 0.6 is 0 Å². The summed E-state index contributed by atoms with van der Waals surface area (Å²) in [5.41, 5.74) is 2.80. The minimum absolute atomic E-state index is 0.196. The van der Waals surface area contributed by atoms with E-state index in [0.717, 1.165) is 19.6 Å². The third-order valence-electron chi connectivity index (χ3n) is 3.27. The van der Waals surface area contributed by atoms with Gasteiger partial charge < -0.3 is 15.2 Å². The number of aromatic nitrogens is 1. The van der Waals surface area contributed by atoms with Crippen LogP contribution in [0.4, 0.5) is 0 Å². The highest BCUT2D eigenvalue weighted by atomic mass is 15.1. The van der Waals surface area contributed by atoms with E-state index in [1.54, 1.807) is 0 Å². The van der Waals surface area contributed by atoms with E-state index in [0.29, 0.717) is 0 Å². The first kappa shape index (κ1) is 14.1. The predicted molar refractivity (Wildman–Crippen MR) is 82.4 cm³/mol. The van der Waals surface area contributed by atoms with E-state index in [-0.39, 0.29) is 5.54 Å². The lowest BCUT2D eigenvalue weighted by atomic mass is 10.1. The van der Waals surface area contributed by atoms with Crippen molar-refractivity contribution in [2.45, 2.75) is 32.9 Å². The van der Waals surface area contributed by atoms with Gasteiger partial charge in [0.05, 0.1) is 0 Å². The van der Waals surface area contributed by atoms with Crippen LogP contribution in [-0.4, -0.2) is 35.6 Å². The summed E-state index contributed by atoms with van der Waals surface area (Å²) < 4.78 is 0. The number of fused-ring (bicyclic) bond motifs is 1. The molecule has 1 aromatic heterocycles. The van der Waals surface area contributed by atoms with Gasteiger partial charge in [-0.1, -0.05) is 12.1 Å². The number of aromatic amines is 1. The maximum atomic E-state index is 3.52. The van der Waals surface area contributed by atoms with Crippen molar-refractivity contribution >= 4 is 10.9 Å². The molecule has 0 amide bonds. The van der Waals surface area contributed by atoms with Crippen molar-refractivity contribution in [3.05, 3.63) is 36.0 Å². The largest absolute Gasteiger partial charge is 0.361 e. The van der Waals surface area contributed by atoms with Gasteiger partial charge in [0, 0.05) is 42.3 Å². The first-order chi connectivity index (χ1) is 8.96. The second kappa shape index (κ2) is 5.76. The molecule has 0 fully saturated rings. The average Bonchev–Trinajstić information content (AvgIpc) is 2.76. The zero-order valence-corrected chi connectivity index (χ0v) is 12.5. The van der Waals surface area contributed by atoms with Gasteiger partial charge in [-0.3, -0.25) is 0 Å². The van der Waals surface area contributed by atoms with E-state index >= 15 is 0 Å². The van der Waals surface area contributed by atoms with Gasteiger partial charge in [0.2, 0.25) is 0 Å². The third-order valence-corrected chi connectivity index (χ3v) is 3.27. The lowest BCUT2D eigenvalue weighted by molar-refractivity contribution is 0.304. The van der Waals surface area contributed by atoms with Gasteiger partial charge in [0.25, 0.3) is 0 Å². The number of H-pyrrole nitrogens is 1. The number of rotatable bonds is 5. The summed E-state index contributed by atoms with van der Waals surface area (Å²) in [6, 6.07) is 8.62. The summed E-state index contributed by atoms with van der Waals surface area (Å²) in [5, 5.41) is 4.85. The lowest BCUT2D eigenvalue weighted by Crippen LogP contribution is -2.40. The van der Waals surface area contributed by atoms with Gasteiger partial charge >= 0.3 is 0 Å². The Morgan fingerprint density at radius 2 is 2.00 bits per heavy atom. The highest BCUT2D eigenvalue weighted by Gasteiger charge is 2.09. The van der Waals surface area contributed by atoms with Crippen LogP contribution < -0.4 is 5.32 Å². The van der Waals surface area contributed by atoms with Crippen LogP contribution in [0.2, 0.25) is 0 Å². The fourth-order valence-corrected chi connectivity index (χ4v) is 2.28. The van der Waals surface area contributed by atoms with E-state index in [4.69, 9.17) is 0 Å². The zero-order chi connectivity index (χ0) is 13.9. The molecule has 3 nitrogen and oxygen atoms in total. The maximum Gasteiger partial charge on any atom is 0.0457 e. The summed E-state index contributed by atoms with van der Waals surface area (Å²) in [4.78, 5) is 5.63. The minimum atomic E-state index is 0.196. The molecule has 1 aromatic carbocycles. The van der Waals surface area contributed by atoms with Crippen molar-refractivity contribution in [1.82, 2.24) is 15.2 Å². The number of likely N-dealkylation sites (N-methyl/N-ethyl adjacent to an activating group) is 1. The average molecular weight is 259 g/mol. The van der Waals surface area contributed by atoms with Crippen LogP contribution in [0.1, 0.15) is 26.3 Å². The van der Waals surface area contributed by atoms with Crippen molar-refractivity contribution in [2.24, 2.45) is 0 Å². The zero-order valence-electron chi connectivity index (χ0n) is 12.5. The number of hydrogen-bond donors (Lipinski definition) is 2. The molecule has 0 aliphatic rings. The van der Waals surface area contributed by atoms with Gasteiger partial charge in [-0.25, -0.2) is 0 Å². The van der Waals surface area contributed by atoms with E-state index in [1.165, 1.54) is 16.5 Å². The molecule has 3 heteroatoms. The normalized spacial score (nSPS) is 12.5. The molecule has 0 atom stereocenters. The quantitative estimate of drug-likeness (QED) is 0.865. The van der Waals surface area contributed by atoms with Crippen LogP contribution in [-0.2, 0) is 6.54 Å². The molecule has 0 bridgehead atoms. The lowest BCUT2D eigenvalue weighted by Gasteiger charge is -2.23. The number of nitrogens with zero attached hydrogens (tertiary/aromatic N) is 1. The molecule has 104 valence electrons. The number of nitrogens with one attached hydrogen (secondary N) is 2. The highest BCUT2D eigenvalue weighted by molar-refractivity contribution is 5.82. The van der Waals surface area contributed by atoms with Gasteiger partial charge in [-0.05, 0) is 45.5 Å². The van der Waals surface area contributed by atoms with Gasteiger partial charge in [-0.2, -0.15) is 0 Å². The Morgan fingerprint density at radius 3 is 2.74 bits per heavy atom. The van der Waals surface area contributed by atoms with Crippen molar-refractivity contribution in [3.8, 4) is 0 Å². The van der Waals surface area contributed by atoms with Crippen LogP contribution in [0.5, 0.6) is 0 Å². The fourth-order valence-electron chi connectivity index (χ4n) is 2.28. The van der Waals surface area contributed by atoms with Crippen molar-refractivity contribution < 1.29 is 0 Å². The van der Waals surface area contributed by atoms with Crippen molar-refractivity contribution in [2.75, 3.05) is 20.1 Å². The van der Waals surface area contributed by atoms with Crippen molar-refractivity contribution in [3.63, 3.8) is 0 Å². The summed E-state index contributed by atoms with van der Waals surface area (Å²) >= 11 is 0. The molecule has 0 spiro atoms. The van der Waals surface area contributed by atoms with E-state index in [2.05, 4.69) is 67.3 Å². The Hall–Kier alpha value is -1.32. The van der Waals surface area contributed by atoms with Gasteiger partial charge in [-0.15, -0.1) is 0 Å². The summed E-state index contributed by atoms with van der Waals surface area (Å²) in [5.74, 6) is 0. The van der Waals surface area contributed by atoms with Gasteiger partial charge in [0.15, 0.2) is 0 Å². The molecule has 2 aromatic rings. The topological polar surface area (TPSA) is 31.1 Å². The Balaban J connectivity index is 1.92. The molecule has 1 heterocycles. The summed E-state index contributed by atoms with van der Waals surface area (Å²) in [6.07, 6.45) is 2.01. The van der Waals surface area contributed by atoms with E-state index in [1.807, 2.05) is 6.20 Å².